The van der Waals surface area contributed by atoms with Gasteiger partial charge in [0.2, 0.25) is 0 Å². The number of rotatable bonds is 6. The molecule has 1 rings (SSSR count). The van der Waals surface area contributed by atoms with Gasteiger partial charge in [-0.1, -0.05) is 13.8 Å². The minimum atomic E-state index is -0.658. The van der Waals surface area contributed by atoms with E-state index in [-0.39, 0.29) is 0 Å². The Labute approximate surface area is 132 Å². The van der Waals surface area contributed by atoms with Gasteiger partial charge in [-0.3, -0.25) is 14.3 Å². The maximum atomic E-state index is 12.0. The number of carbonyl (C=O) groups is 2. The number of carbonyl (C=O) groups excluding carboxylic acids is 2. The van der Waals surface area contributed by atoms with Crippen molar-refractivity contribution in [3.8, 4) is 0 Å². The van der Waals surface area contributed by atoms with Crippen LogP contribution >= 0.6 is 0 Å². The fraction of sp³-hybridized carbons (Fsp3) is 0.667. The van der Waals surface area contributed by atoms with E-state index in [0.717, 1.165) is 12.2 Å². The van der Waals surface area contributed by atoms with Gasteiger partial charge in [0, 0.05) is 19.6 Å². The molecule has 0 aliphatic rings. The minimum Gasteiger partial charge on any atom is -0.347 e. The average molecular weight is 309 g/mol. The van der Waals surface area contributed by atoms with E-state index in [4.69, 9.17) is 0 Å². The van der Waals surface area contributed by atoms with Crippen LogP contribution in [0.5, 0.6) is 0 Å². The van der Waals surface area contributed by atoms with Crippen LogP contribution in [-0.2, 0) is 16.1 Å². The van der Waals surface area contributed by atoms with Gasteiger partial charge in [0.25, 0.3) is 0 Å². The topological polar surface area (TPSA) is 79.3 Å². The number of hydrogen-bond acceptors (Lipinski definition) is 4. The van der Waals surface area contributed by atoms with Crippen LogP contribution in [0, 0.1) is 19.8 Å². The molecule has 0 radical (unpaired) electrons. The third-order valence-corrected chi connectivity index (χ3v) is 3.21. The lowest BCUT2D eigenvalue weighted by Crippen LogP contribution is -2.38. The summed E-state index contributed by atoms with van der Waals surface area (Å²) in [6.45, 7) is 9.82. The maximum absolute atomic E-state index is 12.0. The molecule has 124 valence electrons. The number of amides is 2. The van der Waals surface area contributed by atoms with E-state index in [1.165, 1.54) is 0 Å². The monoisotopic (exact) mass is 309 g/mol. The predicted octanol–water partition coefficient (Wildman–Crippen LogP) is 0.772. The molecule has 0 bridgehead atoms. The van der Waals surface area contributed by atoms with Crippen molar-refractivity contribution < 1.29 is 9.59 Å². The van der Waals surface area contributed by atoms with Crippen molar-refractivity contribution in [1.82, 2.24) is 20.0 Å². The Balaban J connectivity index is 2.68. The average Bonchev–Trinajstić information content (AvgIpc) is 2.65. The molecule has 2 amide bonds. The first-order valence-electron chi connectivity index (χ1n) is 7.50. The first-order chi connectivity index (χ1) is 10.2. The van der Waals surface area contributed by atoms with E-state index < -0.39 is 11.8 Å². The molecule has 22 heavy (non-hydrogen) atoms. The van der Waals surface area contributed by atoms with Crippen molar-refractivity contribution in [2.75, 3.05) is 32.5 Å². The van der Waals surface area contributed by atoms with Crippen LogP contribution in [0.1, 0.15) is 25.2 Å². The van der Waals surface area contributed by atoms with Crippen molar-refractivity contribution in [3.63, 3.8) is 0 Å². The zero-order valence-corrected chi connectivity index (χ0v) is 14.4. The maximum Gasteiger partial charge on any atom is 0.313 e. The van der Waals surface area contributed by atoms with Crippen molar-refractivity contribution >= 4 is 17.5 Å². The highest BCUT2D eigenvalue weighted by molar-refractivity contribution is 6.39. The van der Waals surface area contributed by atoms with E-state index in [0.29, 0.717) is 30.4 Å². The Hall–Kier alpha value is -1.89. The fourth-order valence-corrected chi connectivity index (χ4v) is 2.05. The lowest BCUT2D eigenvalue weighted by atomic mass is 10.2. The molecule has 1 heterocycles. The molecule has 0 aromatic carbocycles. The number of anilines is 1. The highest BCUT2D eigenvalue weighted by Crippen LogP contribution is 2.20. The van der Waals surface area contributed by atoms with E-state index >= 15 is 0 Å². The zero-order chi connectivity index (χ0) is 16.9. The molecule has 0 unspecified atom stereocenters. The molecule has 0 atom stereocenters. The Morgan fingerprint density at radius 2 is 1.86 bits per heavy atom. The Bertz CT molecular complexity index is 534. The van der Waals surface area contributed by atoms with Crippen molar-refractivity contribution in [2.24, 2.45) is 5.92 Å². The van der Waals surface area contributed by atoms with Gasteiger partial charge in [0.15, 0.2) is 0 Å². The van der Waals surface area contributed by atoms with E-state index in [2.05, 4.69) is 29.6 Å². The first kappa shape index (κ1) is 18.2. The highest BCUT2D eigenvalue weighted by atomic mass is 16.2. The molecule has 7 heteroatoms. The molecule has 1 aromatic heterocycles. The molecular weight excluding hydrogens is 282 g/mol. The van der Waals surface area contributed by atoms with E-state index in [1.54, 1.807) is 0 Å². The zero-order valence-electron chi connectivity index (χ0n) is 14.4. The molecule has 0 aliphatic heterocycles. The molecular formula is C15H27N5O2. The SMILES string of the molecule is Cc1nn(CC(C)C)c(C)c1NC(=O)C(=O)NCCN(C)C. The van der Waals surface area contributed by atoms with Crippen molar-refractivity contribution in [3.05, 3.63) is 11.4 Å². The quantitative estimate of drug-likeness (QED) is 0.761. The third kappa shape index (κ3) is 5.14. The first-order valence-corrected chi connectivity index (χ1v) is 7.50. The number of aryl methyl sites for hydroxylation is 1. The van der Waals surface area contributed by atoms with Gasteiger partial charge in [-0.05, 0) is 33.9 Å². The standard InChI is InChI=1S/C15H27N5O2/c1-10(2)9-20-12(4)13(11(3)18-20)17-15(22)14(21)16-7-8-19(5)6/h10H,7-9H2,1-6H3,(H,16,21)(H,17,22). The Kier molecular flexibility index (Phi) is 6.55. The summed E-state index contributed by atoms with van der Waals surface area (Å²) in [4.78, 5) is 25.7. The molecule has 0 saturated carbocycles. The summed E-state index contributed by atoms with van der Waals surface area (Å²) in [5, 5.41) is 9.67. The number of nitrogens with zero attached hydrogens (tertiary/aromatic N) is 3. The van der Waals surface area contributed by atoms with Crippen molar-refractivity contribution in [2.45, 2.75) is 34.2 Å². The van der Waals surface area contributed by atoms with Gasteiger partial charge in [-0.15, -0.1) is 0 Å². The van der Waals surface area contributed by atoms with E-state index in [9.17, 15) is 9.59 Å². The summed E-state index contributed by atoms with van der Waals surface area (Å²) >= 11 is 0. The summed E-state index contributed by atoms with van der Waals surface area (Å²) in [5.74, 6) is -0.831. The number of nitrogens with one attached hydrogen (secondary N) is 2. The normalized spacial score (nSPS) is 11.1. The second-order valence-electron chi connectivity index (χ2n) is 6.14. The number of likely N-dealkylation sites (N-methyl/N-ethyl adjacent to an activating group) is 1. The van der Waals surface area contributed by atoms with Gasteiger partial charge in [-0.25, -0.2) is 0 Å². The second kappa shape index (κ2) is 7.93. The van der Waals surface area contributed by atoms with Crippen LogP contribution in [0.2, 0.25) is 0 Å². The van der Waals surface area contributed by atoms with Crippen LogP contribution in [0.15, 0.2) is 0 Å². The van der Waals surface area contributed by atoms with Gasteiger partial charge in [0.1, 0.15) is 0 Å². The fourth-order valence-electron chi connectivity index (χ4n) is 2.05. The van der Waals surface area contributed by atoms with E-state index in [1.807, 2.05) is 37.5 Å². The van der Waals surface area contributed by atoms with Gasteiger partial charge < -0.3 is 15.5 Å². The molecule has 0 saturated heterocycles. The molecule has 0 aliphatic carbocycles. The van der Waals surface area contributed by atoms with Crippen LogP contribution in [-0.4, -0.2) is 53.7 Å². The molecule has 2 N–H and O–H groups in total. The summed E-state index contributed by atoms with van der Waals surface area (Å²) < 4.78 is 1.86. The summed E-state index contributed by atoms with van der Waals surface area (Å²) in [6.07, 6.45) is 0. The second-order valence-corrected chi connectivity index (χ2v) is 6.14. The summed E-state index contributed by atoms with van der Waals surface area (Å²) in [7, 11) is 3.81. The lowest BCUT2D eigenvalue weighted by molar-refractivity contribution is -0.136. The van der Waals surface area contributed by atoms with Crippen LogP contribution < -0.4 is 10.6 Å². The largest absolute Gasteiger partial charge is 0.347 e. The predicted molar refractivity (Wildman–Crippen MR) is 86.7 cm³/mol. The molecule has 0 fully saturated rings. The van der Waals surface area contributed by atoms with Crippen LogP contribution in [0.25, 0.3) is 0 Å². The molecule has 7 nitrogen and oxygen atoms in total. The minimum absolute atomic E-state index is 0.434. The number of aromatic nitrogens is 2. The van der Waals surface area contributed by atoms with Gasteiger partial charge in [-0.2, -0.15) is 5.10 Å². The smallest absolute Gasteiger partial charge is 0.313 e. The molecule has 0 spiro atoms. The van der Waals surface area contributed by atoms with Gasteiger partial charge >= 0.3 is 11.8 Å². The third-order valence-electron chi connectivity index (χ3n) is 3.21. The molecule has 1 aromatic rings. The highest BCUT2D eigenvalue weighted by Gasteiger charge is 2.19. The van der Waals surface area contributed by atoms with Crippen LogP contribution in [0.3, 0.4) is 0 Å². The Morgan fingerprint density at radius 1 is 1.23 bits per heavy atom. The van der Waals surface area contributed by atoms with Gasteiger partial charge in [0.05, 0.1) is 17.1 Å². The summed E-state index contributed by atoms with van der Waals surface area (Å²) in [5.41, 5.74) is 2.20. The van der Waals surface area contributed by atoms with Crippen molar-refractivity contribution in [1.29, 1.82) is 0 Å². The Morgan fingerprint density at radius 3 is 2.41 bits per heavy atom. The lowest BCUT2D eigenvalue weighted by Gasteiger charge is -2.11. The van der Waals surface area contributed by atoms with Crippen LogP contribution in [0.4, 0.5) is 5.69 Å². The summed E-state index contributed by atoms with van der Waals surface area (Å²) in [6, 6.07) is 0. The number of hydrogen-bond donors (Lipinski definition) is 2.